The van der Waals surface area contributed by atoms with Gasteiger partial charge in [-0.2, -0.15) is 0 Å². The third kappa shape index (κ3) is 4.93. The van der Waals surface area contributed by atoms with Gasteiger partial charge in [-0.05, 0) is 62.9 Å². The molecular weight excluding hydrogens is 350 g/mol. The third-order valence-corrected chi connectivity index (χ3v) is 4.81. The van der Waals surface area contributed by atoms with Gasteiger partial charge in [-0.1, -0.05) is 6.07 Å². The fourth-order valence-electron chi connectivity index (χ4n) is 2.62. The number of rotatable bonds is 4. The third-order valence-electron chi connectivity index (χ3n) is 3.85. The van der Waals surface area contributed by atoms with Crippen molar-refractivity contribution in [3.05, 3.63) is 48.9 Å². The van der Waals surface area contributed by atoms with E-state index >= 15 is 0 Å². The topological polar surface area (TPSA) is 68.4 Å². The fraction of sp³-hybridized carbons (Fsp3) is 0.400. The number of ketones is 1. The zero-order chi connectivity index (χ0) is 18.7. The van der Waals surface area contributed by atoms with E-state index in [9.17, 15) is 9.59 Å². The van der Waals surface area contributed by atoms with Crippen LogP contribution in [0.3, 0.4) is 0 Å². The highest BCUT2D eigenvalue weighted by Crippen LogP contribution is 2.25. The molecule has 0 atom stereocenters. The van der Waals surface area contributed by atoms with Gasteiger partial charge in [0.05, 0.1) is 21.4 Å². The van der Waals surface area contributed by atoms with Crippen LogP contribution >= 0.6 is 11.3 Å². The highest BCUT2D eigenvalue weighted by atomic mass is 32.1. The van der Waals surface area contributed by atoms with Gasteiger partial charge in [-0.15, -0.1) is 11.3 Å². The van der Waals surface area contributed by atoms with Crippen LogP contribution in [0, 0.1) is 0 Å². The Balaban J connectivity index is 1.84. The predicted octanol–water partition coefficient (Wildman–Crippen LogP) is 1.75. The van der Waals surface area contributed by atoms with Gasteiger partial charge in [0, 0.05) is 6.08 Å². The fourth-order valence-corrected chi connectivity index (χ4v) is 3.53. The van der Waals surface area contributed by atoms with Crippen LogP contribution in [0.15, 0.2) is 23.0 Å². The van der Waals surface area contributed by atoms with Crippen LogP contribution in [0.5, 0.6) is 5.75 Å². The molecule has 1 aromatic heterocycles. The van der Waals surface area contributed by atoms with Crippen molar-refractivity contribution >= 4 is 29.3 Å². The van der Waals surface area contributed by atoms with Crippen molar-refractivity contribution in [2.45, 2.75) is 39.2 Å². The molecule has 2 aromatic rings. The number of thiazole rings is 1. The lowest BCUT2D eigenvalue weighted by Crippen LogP contribution is -2.23. The standard InChI is InChI=1S/C20H23NO4S/c1-20(2,3)25-12-15(22)11-18-21-19(23)17(26-18)10-13-6-7-16-14(9-13)5-4-8-24-16/h6-7,9-11H,4-5,8,12H2,1-3H3,(H,21,23)/b17-10-,18-11+. The molecule has 1 aliphatic rings. The molecule has 0 spiro atoms. The number of aryl methyl sites for hydroxylation is 1. The summed E-state index contributed by atoms with van der Waals surface area (Å²) in [5.74, 6) is 0.752. The molecule has 5 nitrogen and oxygen atoms in total. The van der Waals surface area contributed by atoms with Gasteiger partial charge >= 0.3 is 0 Å². The second-order valence-electron chi connectivity index (χ2n) is 7.26. The number of aromatic nitrogens is 1. The van der Waals surface area contributed by atoms with Crippen molar-refractivity contribution in [1.82, 2.24) is 4.98 Å². The smallest absolute Gasteiger partial charge is 0.266 e. The number of Topliss-reactive ketones (excluding diaryl/α,β-unsaturated/α-hetero) is 1. The summed E-state index contributed by atoms with van der Waals surface area (Å²) in [6.07, 6.45) is 5.26. The van der Waals surface area contributed by atoms with Crippen LogP contribution in [0.25, 0.3) is 12.2 Å². The Morgan fingerprint density at radius 3 is 2.96 bits per heavy atom. The van der Waals surface area contributed by atoms with Crippen LogP contribution in [-0.4, -0.2) is 29.6 Å². The van der Waals surface area contributed by atoms with Crippen molar-refractivity contribution in [2.24, 2.45) is 0 Å². The van der Waals surface area contributed by atoms with E-state index in [-0.39, 0.29) is 23.6 Å². The first-order chi connectivity index (χ1) is 12.3. The molecular formula is C20H23NO4S. The van der Waals surface area contributed by atoms with Crippen LogP contribution in [-0.2, 0) is 16.0 Å². The monoisotopic (exact) mass is 373 g/mol. The van der Waals surface area contributed by atoms with E-state index < -0.39 is 0 Å². The van der Waals surface area contributed by atoms with Gasteiger partial charge in [0.25, 0.3) is 5.56 Å². The lowest BCUT2D eigenvalue weighted by Gasteiger charge is -2.17. The summed E-state index contributed by atoms with van der Waals surface area (Å²) in [7, 11) is 0. The van der Waals surface area contributed by atoms with E-state index in [2.05, 4.69) is 11.1 Å². The maximum atomic E-state index is 12.2. The Labute approximate surface area is 156 Å². The number of aromatic amines is 1. The number of fused-ring (bicyclic) bond motifs is 1. The quantitative estimate of drug-likeness (QED) is 0.887. The summed E-state index contributed by atoms with van der Waals surface area (Å²) in [6.45, 7) is 6.43. The van der Waals surface area contributed by atoms with Crippen LogP contribution in [0.2, 0.25) is 0 Å². The molecule has 0 saturated carbocycles. The number of benzene rings is 1. The zero-order valence-electron chi connectivity index (χ0n) is 15.3. The number of hydrogen-bond acceptors (Lipinski definition) is 5. The second-order valence-corrected chi connectivity index (χ2v) is 8.34. The van der Waals surface area contributed by atoms with Crippen molar-refractivity contribution in [3.63, 3.8) is 0 Å². The van der Waals surface area contributed by atoms with E-state index in [1.54, 1.807) is 0 Å². The first kappa shape index (κ1) is 18.6. The average molecular weight is 373 g/mol. The minimum Gasteiger partial charge on any atom is -0.493 e. The highest BCUT2D eigenvalue weighted by molar-refractivity contribution is 7.07. The summed E-state index contributed by atoms with van der Waals surface area (Å²) in [4.78, 5) is 26.9. The first-order valence-electron chi connectivity index (χ1n) is 8.65. The van der Waals surface area contributed by atoms with E-state index in [4.69, 9.17) is 9.47 Å². The van der Waals surface area contributed by atoms with E-state index in [0.29, 0.717) is 9.20 Å². The lowest BCUT2D eigenvalue weighted by molar-refractivity contribution is -0.122. The Bertz CT molecular complexity index is 978. The van der Waals surface area contributed by atoms with Crippen molar-refractivity contribution in [2.75, 3.05) is 13.2 Å². The van der Waals surface area contributed by atoms with Gasteiger partial charge < -0.3 is 14.5 Å². The van der Waals surface area contributed by atoms with Gasteiger partial charge in [-0.3, -0.25) is 9.59 Å². The molecule has 0 aliphatic carbocycles. The molecule has 0 fully saturated rings. The van der Waals surface area contributed by atoms with Crippen molar-refractivity contribution in [1.29, 1.82) is 0 Å². The molecule has 2 heterocycles. The van der Waals surface area contributed by atoms with Gasteiger partial charge in [0.1, 0.15) is 12.4 Å². The number of carbonyl (C=O) groups excluding carboxylic acids is 1. The molecule has 1 N–H and O–H groups in total. The second kappa shape index (κ2) is 7.60. The Hall–Kier alpha value is -2.18. The molecule has 0 unspecified atom stereocenters. The molecule has 1 aromatic carbocycles. The number of hydrogen-bond donors (Lipinski definition) is 1. The SMILES string of the molecule is CC(C)(C)OCC(=O)/C=c1\[nH]c(=O)/c(=C/c2ccc3c(c2)CCCO3)s1. The minimum absolute atomic E-state index is 0.00665. The molecule has 1 aliphatic heterocycles. The predicted molar refractivity (Wildman–Crippen MR) is 103 cm³/mol. The van der Waals surface area contributed by atoms with Crippen LogP contribution in [0.1, 0.15) is 38.3 Å². The Morgan fingerprint density at radius 1 is 1.38 bits per heavy atom. The number of H-pyrrole nitrogens is 1. The van der Waals surface area contributed by atoms with Gasteiger partial charge in [-0.25, -0.2) is 0 Å². The summed E-state index contributed by atoms with van der Waals surface area (Å²) in [6, 6.07) is 5.94. The molecule has 3 rings (SSSR count). The molecule has 0 bridgehead atoms. The Morgan fingerprint density at radius 2 is 2.19 bits per heavy atom. The molecule has 138 valence electrons. The zero-order valence-corrected chi connectivity index (χ0v) is 16.1. The summed E-state index contributed by atoms with van der Waals surface area (Å²) < 4.78 is 12.2. The average Bonchev–Trinajstić information content (AvgIpc) is 2.91. The highest BCUT2D eigenvalue weighted by Gasteiger charge is 2.12. The lowest BCUT2D eigenvalue weighted by atomic mass is 10.0. The summed E-state index contributed by atoms with van der Waals surface area (Å²) in [5, 5.41) is 0. The maximum Gasteiger partial charge on any atom is 0.266 e. The first-order valence-corrected chi connectivity index (χ1v) is 9.47. The number of nitrogens with one attached hydrogen (secondary N) is 1. The summed E-state index contributed by atoms with van der Waals surface area (Å²) in [5.41, 5.74) is 1.55. The van der Waals surface area contributed by atoms with Crippen LogP contribution in [0.4, 0.5) is 0 Å². The normalized spacial score (nSPS) is 15.7. The van der Waals surface area contributed by atoms with E-state index in [1.165, 1.54) is 23.0 Å². The number of carbonyl (C=O) groups is 1. The molecule has 0 radical (unpaired) electrons. The van der Waals surface area contributed by atoms with Crippen molar-refractivity contribution in [3.8, 4) is 5.75 Å². The summed E-state index contributed by atoms with van der Waals surface area (Å²) >= 11 is 1.27. The van der Waals surface area contributed by atoms with Gasteiger partial charge in [0.15, 0.2) is 5.78 Å². The molecule has 6 heteroatoms. The van der Waals surface area contributed by atoms with E-state index in [0.717, 1.165) is 30.8 Å². The Kier molecular flexibility index (Phi) is 5.44. The largest absolute Gasteiger partial charge is 0.493 e. The van der Waals surface area contributed by atoms with Crippen LogP contribution < -0.4 is 19.5 Å². The minimum atomic E-state index is -0.374. The van der Waals surface area contributed by atoms with E-state index in [1.807, 2.05) is 39.0 Å². The molecule has 0 amide bonds. The molecule has 0 saturated heterocycles. The maximum absolute atomic E-state index is 12.2. The number of ether oxygens (including phenoxy) is 2. The molecule has 26 heavy (non-hydrogen) atoms. The van der Waals surface area contributed by atoms with Crippen molar-refractivity contribution < 1.29 is 14.3 Å². The van der Waals surface area contributed by atoms with Gasteiger partial charge in [0.2, 0.25) is 0 Å².